The second-order valence-corrected chi connectivity index (χ2v) is 7.06. The highest BCUT2D eigenvalue weighted by atomic mass is 32.2. The standard InChI is InChI=1S/C14H26N4OS/c1-5-8-15-13(16-10-12(19)18(3)4)17-11-14(2)7-6-9-20-14/h5H,1,6-11H2,2-4H3,(H2,15,16,17). The molecule has 20 heavy (non-hydrogen) atoms. The number of hydrogen-bond acceptors (Lipinski definition) is 3. The van der Waals surface area contributed by atoms with Gasteiger partial charge in [-0.05, 0) is 25.5 Å². The lowest BCUT2D eigenvalue weighted by molar-refractivity contribution is -0.127. The van der Waals surface area contributed by atoms with Crippen molar-refractivity contribution in [1.82, 2.24) is 15.5 Å². The Morgan fingerprint density at radius 3 is 2.80 bits per heavy atom. The summed E-state index contributed by atoms with van der Waals surface area (Å²) in [7, 11) is 3.47. The van der Waals surface area contributed by atoms with Gasteiger partial charge in [0.15, 0.2) is 5.96 Å². The highest BCUT2D eigenvalue weighted by Gasteiger charge is 2.29. The zero-order valence-corrected chi connectivity index (χ0v) is 13.6. The van der Waals surface area contributed by atoms with E-state index < -0.39 is 0 Å². The molecule has 0 spiro atoms. The first-order chi connectivity index (χ1) is 9.47. The van der Waals surface area contributed by atoms with E-state index in [0.29, 0.717) is 12.5 Å². The zero-order valence-electron chi connectivity index (χ0n) is 12.7. The summed E-state index contributed by atoms with van der Waals surface area (Å²) in [6.45, 7) is 7.60. The Balaban J connectivity index is 2.52. The van der Waals surface area contributed by atoms with E-state index in [1.165, 1.54) is 18.6 Å². The third kappa shape index (κ3) is 5.86. The Morgan fingerprint density at radius 1 is 1.50 bits per heavy atom. The average molecular weight is 298 g/mol. The third-order valence-corrected chi connectivity index (χ3v) is 4.75. The highest BCUT2D eigenvalue weighted by molar-refractivity contribution is 8.00. The van der Waals surface area contributed by atoms with Gasteiger partial charge >= 0.3 is 0 Å². The molecule has 1 aliphatic rings. The number of thioether (sulfide) groups is 1. The van der Waals surface area contributed by atoms with Gasteiger partial charge in [-0.1, -0.05) is 6.08 Å². The maximum Gasteiger partial charge on any atom is 0.243 e. The molecule has 0 aromatic carbocycles. The molecule has 1 atom stereocenters. The quantitative estimate of drug-likeness (QED) is 0.438. The molecule has 1 amide bonds. The smallest absolute Gasteiger partial charge is 0.243 e. The number of rotatable bonds is 6. The molecule has 1 rings (SSSR count). The molecular weight excluding hydrogens is 272 g/mol. The van der Waals surface area contributed by atoms with Gasteiger partial charge in [-0.25, -0.2) is 4.99 Å². The lowest BCUT2D eigenvalue weighted by Crippen LogP contribution is -2.44. The number of carbonyl (C=O) groups is 1. The second-order valence-electron chi connectivity index (χ2n) is 5.38. The van der Waals surface area contributed by atoms with Gasteiger partial charge in [0.05, 0.1) is 0 Å². The van der Waals surface area contributed by atoms with Crippen LogP contribution in [0.15, 0.2) is 17.6 Å². The minimum Gasteiger partial charge on any atom is -0.355 e. The van der Waals surface area contributed by atoms with Crippen LogP contribution in [0.25, 0.3) is 0 Å². The molecule has 0 aliphatic carbocycles. The Bertz CT molecular complexity index is 362. The summed E-state index contributed by atoms with van der Waals surface area (Å²) in [5, 5.41) is 6.48. The van der Waals surface area contributed by atoms with Crippen molar-refractivity contribution in [2.24, 2.45) is 4.99 Å². The molecule has 5 nitrogen and oxygen atoms in total. The largest absolute Gasteiger partial charge is 0.355 e. The lowest BCUT2D eigenvalue weighted by atomic mass is 10.1. The van der Waals surface area contributed by atoms with Gasteiger partial charge < -0.3 is 15.5 Å². The van der Waals surface area contributed by atoms with Gasteiger partial charge in [-0.15, -0.1) is 6.58 Å². The van der Waals surface area contributed by atoms with Crippen LogP contribution in [0.5, 0.6) is 0 Å². The number of nitrogens with zero attached hydrogens (tertiary/aromatic N) is 2. The summed E-state index contributed by atoms with van der Waals surface area (Å²) < 4.78 is 0.266. The maximum atomic E-state index is 11.6. The molecule has 0 bridgehead atoms. The van der Waals surface area contributed by atoms with E-state index in [4.69, 9.17) is 0 Å². The Morgan fingerprint density at radius 2 is 2.25 bits per heavy atom. The molecule has 1 aliphatic heterocycles. The van der Waals surface area contributed by atoms with Crippen LogP contribution in [0.4, 0.5) is 0 Å². The molecule has 6 heteroatoms. The van der Waals surface area contributed by atoms with E-state index in [1.807, 2.05) is 11.8 Å². The molecule has 0 saturated carbocycles. The number of hydrogen-bond donors (Lipinski definition) is 2. The van der Waals surface area contributed by atoms with Crippen molar-refractivity contribution >= 4 is 23.6 Å². The van der Waals surface area contributed by atoms with Gasteiger partial charge in [0.2, 0.25) is 5.91 Å². The summed E-state index contributed by atoms with van der Waals surface area (Å²) in [4.78, 5) is 17.4. The summed E-state index contributed by atoms with van der Waals surface area (Å²) in [6.07, 6.45) is 4.27. The first-order valence-electron chi connectivity index (χ1n) is 6.94. The van der Waals surface area contributed by atoms with Gasteiger partial charge in [0, 0.05) is 31.9 Å². The molecule has 1 saturated heterocycles. The zero-order chi connectivity index (χ0) is 15.0. The predicted molar refractivity (Wildman–Crippen MR) is 87.3 cm³/mol. The molecule has 114 valence electrons. The topological polar surface area (TPSA) is 56.7 Å². The molecule has 0 radical (unpaired) electrons. The SMILES string of the molecule is C=CCNC(=NCC(=O)N(C)C)NCC1(C)CCCS1. The van der Waals surface area contributed by atoms with E-state index in [1.54, 1.807) is 25.1 Å². The van der Waals surface area contributed by atoms with Gasteiger partial charge in [0.1, 0.15) is 6.54 Å². The molecule has 1 unspecified atom stereocenters. The average Bonchev–Trinajstić information content (AvgIpc) is 2.84. The van der Waals surface area contributed by atoms with Crippen LogP contribution in [0, 0.1) is 0 Å². The number of aliphatic imine (C=N–C) groups is 1. The summed E-state index contributed by atoms with van der Waals surface area (Å²) in [6, 6.07) is 0. The number of nitrogens with one attached hydrogen (secondary N) is 2. The minimum absolute atomic E-state index is 0.00819. The second kappa shape index (κ2) is 8.19. The normalized spacial score (nSPS) is 22.4. The van der Waals surface area contributed by atoms with Gasteiger partial charge in [-0.3, -0.25) is 4.79 Å². The number of amides is 1. The van der Waals surface area contributed by atoms with Crippen molar-refractivity contribution in [3.05, 3.63) is 12.7 Å². The molecular formula is C14H26N4OS. The van der Waals surface area contributed by atoms with Crippen molar-refractivity contribution in [1.29, 1.82) is 0 Å². The fraction of sp³-hybridized carbons (Fsp3) is 0.714. The highest BCUT2D eigenvalue weighted by Crippen LogP contribution is 2.36. The predicted octanol–water partition coefficient (Wildman–Crippen LogP) is 1.08. The first kappa shape index (κ1) is 16.9. The summed E-state index contributed by atoms with van der Waals surface area (Å²) >= 11 is 2.00. The van der Waals surface area contributed by atoms with Crippen LogP contribution in [0.3, 0.4) is 0 Å². The summed E-state index contributed by atoms with van der Waals surface area (Å²) in [5.74, 6) is 1.89. The number of likely N-dealkylation sites (N-methyl/N-ethyl adjacent to an activating group) is 1. The van der Waals surface area contributed by atoms with Crippen molar-refractivity contribution in [2.75, 3.05) is 39.5 Å². The van der Waals surface area contributed by atoms with Crippen LogP contribution >= 0.6 is 11.8 Å². The van der Waals surface area contributed by atoms with Gasteiger partial charge in [-0.2, -0.15) is 11.8 Å². The lowest BCUT2D eigenvalue weighted by Gasteiger charge is -2.24. The van der Waals surface area contributed by atoms with Crippen molar-refractivity contribution < 1.29 is 4.79 Å². The van der Waals surface area contributed by atoms with Crippen LogP contribution in [-0.4, -0.2) is 61.0 Å². The van der Waals surface area contributed by atoms with Crippen LogP contribution in [0.2, 0.25) is 0 Å². The van der Waals surface area contributed by atoms with Crippen molar-refractivity contribution in [3.8, 4) is 0 Å². The van der Waals surface area contributed by atoms with Crippen LogP contribution in [0.1, 0.15) is 19.8 Å². The molecule has 1 heterocycles. The molecule has 2 N–H and O–H groups in total. The first-order valence-corrected chi connectivity index (χ1v) is 7.92. The number of guanidine groups is 1. The van der Waals surface area contributed by atoms with E-state index in [2.05, 4.69) is 29.1 Å². The summed E-state index contributed by atoms with van der Waals surface area (Å²) in [5.41, 5.74) is 0. The van der Waals surface area contributed by atoms with E-state index in [-0.39, 0.29) is 17.2 Å². The van der Waals surface area contributed by atoms with E-state index in [9.17, 15) is 4.79 Å². The maximum absolute atomic E-state index is 11.6. The molecule has 0 aromatic heterocycles. The molecule has 1 fully saturated rings. The van der Waals surface area contributed by atoms with Crippen molar-refractivity contribution in [3.63, 3.8) is 0 Å². The van der Waals surface area contributed by atoms with Crippen LogP contribution < -0.4 is 10.6 Å². The minimum atomic E-state index is -0.00819. The monoisotopic (exact) mass is 298 g/mol. The Hall–Kier alpha value is -1.17. The fourth-order valence-corrected chi connectivity index (χ4v) is 3.12. The third-order valence-electron chi connectivity index (χ3n) is 3.22. The van der Waals surface area contributed by atoms with E-state index in [0.717, 1.165) is 6.54 Å². The Labute approximate surface area is 126 Å². The number of carbonyl (C=O) groups excluding carboxylic acids is 1. The van der Waals surface area contributed by atoms with Crippen molar-refractivity contribution in [2.45, 2.75) is 24.5 Å². The fourth-order valence-electron chi connectivity index (χ4n) is 1.88. The molecule has 0 aromatic rings. The van der Waals surface area contributed by atoms with Crippen LogP contribution in [-0.2, 0) is 4.79 Å². The Kier molecular flexibility index (Phi) is 6.91. The van der Waals surface area contributed by atoms with Gasteiger partial charge in [0.25, 0.3) is 0 Å². The van der Waals surface area contributed by atoms with E-state index >= 15 is 0 Å².